The summed E-state index contributed by atoms with van der Waals surface area (Å²) in [6.45, 7) is 9.06. The Morgan fingerprint density at radius 3 is 2.78 bits per heavy atom. The third kappa shape index (κ3) is 3.46. The fourth-order valence-corrected chi connectivity index (χ4v) is 2.89. The number of carbonyl (C=O) groups excluding carboxylic acids is 1. The molecule has 0 fully saturated rings. The quantitative estimate of drug-likeness (QED) is 0.796. The first kappa shape index (κ1) is 15.8. The van der Waals surface area contributed by atoms with E-state index in [0.29, 0.717) is 13.1 Å². The highest BCUT2D eigenvalue weighted by Crippen LogP contribution is 2.24. The first-order valence-corrected chi connectivity index (χ1v) is 8.25. The van der Waals surface area contributed by atoms with E-state index in [4.69, 9.17) is 9.72 Å². The topological polar surface area (TPSA) is 42.4 Å². The first-order valence-electron chi connectivity index (χ1n) is 8.25. The summed E-state index contributed by atoms with van der Waals surface area (Å²) in [7, 11) is 0. The molecule has 0 radical (unpaired) electrons. The zero-order valence-corrected chi connectivity index (χ0v) is 14.3. The molecule has 2 heterocycles. The van der Waals surface area contributed by atoms with E-state index in [-0.39, 0.29) is 6.09 Å². The fraction of sp³-hybridized carbons (Fsp3) is 0.474. The predicted octanol–water partition coefficient (Wildman–Crippen LogP) is 4.09. The Morgan fingerprint density at radius 2 is 2.09 bits per heavy atom. The summed E-state index contributed by atoms with van der Waals surface area (Å²) in [5.74, 6) is 0. The number of aromatic nitrogens is 1. The van der Waals surface area contributed by atoms with Gasteiger partial charge in [-0.25, -0.2) is 4.79 Å². The van der Waals surface area contributed by atoms with Crippen molar-refractivity contribution in [2.24, 2.45) is 0 Å². The standard InChI is InChI=1S/C19H24N2O2/c1-5-13-6-7-16-14(10-13)11-15-12-21(9-8-17(15)20-16)18(22)23-19(2,3)4/h6-7,10-11H,5,8-9,12H2,1-4H3. The molecule has 0 atom stereocenters. The molecule has 4 heteroatoms. The van der Waals surface area contributed by atoms with Crippen molar-refractivity contribution in [1.29, 1.82) is 0 Å². The minimum atomic E-state index is -0.463. The van der Waals surface area contributed by atoms with Crippen LogP contribution in [0.1, 0.15) is 44.5 Å². The second-order valence-corrected chi connectivity index (χ2v) is 7.13. The van der Waals surface area contributed by atoms with Crippen molar-refractivity contribution in [3.8, 4) is 0 Å². The zero-order chi connectivity index (χ0) is 16.6. The van der Waals surface area contributed by atoms with E-state index in [2.05, 4.69) is 31.2 Å². The van der Waals surface area contributed by atoms with Crippen molar-refractivity contribution >= 4 is 17.0 Å². The summed E-state index contributed by atoms with van der Waals surface area (Å²) in [5.41, 5.74) is 4.10. The smallest absolute Gasteiger partial charge is 0.410 e. The number of aryl methyl sites for hydroxylation is 1. The second kappa shape index (κ2) is 5.84. The van der Waals surface area contributed by atoms with Gasteiger partial charge in [0.25, 0.3) is 0 Å². The average molecular weight is 312 g/mol. The molecule has 0 aliphatic carbocycles. The highest BCUT2D eigenvalue weighted by molar-refractivity contribution is 5.80. The van der Waals surface area contributed by atoms with Crippen LogP contribution in [0.2, 0.25) is 0 Å². The van der Waals surface area contributed by atoms with Crippen LogP contribution in [0.3, 0.4) is 0 Å². The van der Waals surface area contributed by atoms with Crippen molar-refractivity contribution in [2.75, 3.05) is 6.54 Å². The lowest BCUT2D eigenvalue weighted by Gasteiger charge is -2.31. The Morgan fingerprint density at radius 1 is 1.30 bits per heavy atom. The van der Waals surface area contributed by atoms with Crippen LogP contribution in [0.15, 0.2) is 24.3 Å². The second-order valence-electron chi connectivity index (χ2n) is 7.13. The van der Waals surface area contributed by atoms with Gasteiger partial charge in [0.15, 0.2) is 0 Å². The molecule has 0 unspecified atom stereocenters. The summed E-state index contributed by atoms with van der Waals surface area (Å²) in [4.78, 5) is 18.8. The normalized spacial score (nSPS) is 14.7. The van der Waals surface area contributed by atoms with Crippen molar-refractivity contribution in [3.05, 3.63) is 41.1 Å². The first-order chi connectivity index (χ1) is 10.9. The molecular weight excluding hydrogens is 288 g/mol. The largest absolute Gasteiger partial charge is 0.444 e. The Kier molecular flexibility index (Phi) is 4.00. The highest BCUT2D eigenvalue weighted by Gasteiger charge is 2.26. The van der Waals surface area contributed by atoms with Gasteiger partial charge in [0.05, 0.1) is 12.1 Å². The molecule has 1 aromatic carbocycles. The van der Waals surface area contributed by atoms with Crippen molar-refractivity contribution in [1.82, 2.24) is 9.88 Å². The number of pyridine rings is 1. The van der Waals surface area contributed by atoms with Gasteiger partial charge >= 0.3 is 6.09 Å². The van der Waals surface area contributed by atoms with Crippen LogP contribution < -0.4 is 0 Å². The van der Waals surface area contributed by atoms with E-state index in [1.807, 2.05) is 20.8 Å². The Hall–Kier alpha value is -2.10. The number of hydrogen-bond acceptors (Lipinski definition) is 3. The summed E-state index contributed by atoms with van der Waals surface area (Å²) in [5, 5.41) is 1.15. The van der Waals surface area contributed by atoms with Crippen LogP contribution in [0, 0.1) is 0 Å². The molecule has 3 rings (SSSR count). The number of fused-ring (bicyclic) bond motifs is 2. The maximum Gasteiger partial charge on any atom is 0.410 e. The third-order valence-corrected chi connectivity index (χ3v) is 4.09. The molecule has 0 saturated carbocycles. The Labute approximate surface area is 137 Å². The van der Waals surface area contributed by atoms with Crippen LogP contribution in [-0.4, -0.2) is 28.1 Å². The van der Waals surface area contributed by atoms with E-state index in [0.717, 1.165) is 35.0 Å². The van der Waals surface area contributed by atoms with Gasteiger partial charge in [0, 0.05) is 24.0 Å². The molecule has 1 amide bonds. The SMILES string of the molecule is CCc1ccc2nc3c(cc2c1)CN(C(=O)OC(C)(C)C)CC3. The van der Waals surface area contributed by atoms with Gasteiger partial charge in [-0.2, -0.15) is 0 Å². The van der Waals surface area contributed by atoms with Gasteiger partial charge in [-0.05, 0) is 56.5 Å². The predicted molar refractivity (Wildman–Crippen MR) is 91.5 cm³/mol. The van der Waals surface area contributed by atoms with Gasteiger partial charge in [-0.3, -0.25) is 4.98 Å². The molecule has 0 saturated heterocycles. The minimum Gasteiger partial charge on any atom is -0.444 e. The molecule has 1 aliphatic rings. The van der Waals surface area contributed by atoms with Gasteiger partial charge in [-0.1, -0.05) is 13.0 Å². The highest BCUT2D eigenvalue weighted by atomic mass is 16.6. The third-order valence-electron chi connectivity index (χ3n) is 4.09. The summed E-state index contributed by atoms with van der Waals surface area (Å²) in [6.07, 6.45) is 1.54. The fourth-order valence-electron chi connectivity index (χ4n) is 2.89. The molecule has 122 valence electrons. The molecule has 0 N–H and O–H groups in total. The number of carbonyl (C=O) groups is 1. The molecule has 23 heavy (non-hydrogen) atoms. The lowest BCUT2D eigenvalue weighted by atomic mass is 10.0. The number of amides is 1. The minimum absolute atomic E-state index is 0.245. The number of nitrogens with zero attached hydrogens (tertiary/aromatic N) is 2. The Balaban J connectivity index is 1.87. The summed E-state index contributed by atoms with van der Waals surface area (Å²) in [6, 6.07) is 8.59. The maximum absolute atomic E-state index is 12.3. The zero-order valence-electron chi connectivity index (χ0n) is 14.3. The van der Waals surface area contributed by atoms with Crippen LogP contribution in [0.5, 0.6) is 0 Å². The summed E-state index contributed by atoms with van der Waals surface area (Å²) < 4.78 is 5.48. The van der Waals surface area contributed by atoms with Crippen molar-refractivity contribution < 1.29 is 9.53 Å². The molecule has 2 aromatic rings. The van der Waals surface area contributed by atoms with Gasteiger partial charge < -0.3 is 9.64 Å². The van der Waals surface area contributed by atoms with Crippen molar-refractivity contribution in [2.45, 2.75) is 52.7 Å². The van der Waals surface area contributed by atoms with Crippen LogP contribution in [0.25, 0.3) is 10.9 Å². The Bertz CT molecular complexity index is 747. The van der Waals surface area contributed by atoms with Crippen LogP contribution in [0.4, 0.5) is 4.79 Å². The van der Waals surface area contributed by atoms with E-state index in [1.54, 1.807) is 4.90 Å². The number of rotatable bonds is 1. The van der Waals surface area contributed by atoms with E-state index in [9.17, 15) is 4.79 Å². The maximum atomic E-state index is 12.3. The average Bonchev–Trinajstić information content (AvgIpc) is 2.50. The molecule has 1 aliphatic heterocycles. The lowest BCUT2D eigenvalue weighted by Crippen LogP contribution is -2.40. The van der Waals surface area contributed by atoms with Crippen LogP contribution >= 0.6 is 0 Å². The van der Waals surface area contributed by atoms with Gasteiger partial charge in [0.2, 0.25) is 0 Å². The number of benzene rings is 1. The molecule has 4 nitrogen and oxygen atoms in total. The van der Waals surface area contributed by atoms with Crippen molar-refractivity contribution in [3.63, 3.8) is 0 Å². The summed E-state index contributed by atoms with van der Waals surface area (Å²) >= 11 is 0. The van der Waals surface area contributed by atoms with Gasteiger partial charge in [0.1, 0.15) is 5.60 Å². The monoisotopic (exact) mass is 312 g/mol. The number of ether oxygens (including phenoxy) is 1. The molecular formula is C19H24N2O2. The van der Waals surface area contributed by atoms with Gasteiger partial charge in [-0.15, -0.1) is 0 Å². The van der Waals surface area contributed by atoms with E-state index in [1.165, 1.54) is 5.56 Å². The van der Waals surface area contributed by atoms with E-state index >= 15 is 0 Å². The lowest BCUT2D eigenvalue weighted by molar-refractivity contribution is 0.0223. The molecule has 0 bridgehead atoms. The van der Waals surface area contributed by atoms with Crippen LogP contribution in [-0.2, 0) is 24.1 Å². The molecule has 0 spiro atoms. The number of hydrogen-bond donors (Lipinski definition) is 0. The molecule has 1 aromatic heterocycles. The van der Waals surface area contributed by atoms with E-state index < -0.39 is 5.60 Å².